The molecular formula is C27H30F6O3. The molecule has 0 radical (unpaired) electrons. The number of carbonyl (C=O) groups excluding carboxylic acids is 1. The molecule has 198 valence electrons. The first-order chi connectivity index (χ1) is 17.0. The summed E-state index contributed by atoms with van der Waals surface area (Å²) in [6, 6.07) is 7.46. The molecule has 1 N–H and O–H groups in total. The quantitative estimate of drug-likeness (QED) is 0.331. The number of aliphatic hydroxyl groups is 1. The van der Waals surface area contributed by atoms with E-state index in [4.69, 9.17) is 5.11 Å². The molecule has 0 bridgehead atoms. The van der Waals surface area contributed by atoms with Gasteiger partial charge in [-0.1, -0.05) is 37.8 Å². The summed E-state index contributed by atoms with van der Waals surface area (Å²) in [5.41, 5.74) is 0.153. The molecule has 0 aliphatic heterocycles. The third-order valence-corrected chi connectivity index (χ3v) is 6.97. The second-order valence-corrected chi connectivity index (χ2v) is 9.33. The zero-order chi connectivity index (χ0) is 26.5. The van der Waals surface area contributed by atoms with Crippen LogP contribution in [0.5, 0.6) is 0 Å². The Balaban J connectivity index is 0.000000202. The van der Waals surface area contributed by atoms with E-state index in [9.17, 15) is 31.1 Å². The maximum Gasteiger partial charge on any atom is 0.416 e. The van der Waals surface area contributed by atoms with Crippen molar-refractivity contribution in [2.24, 2.45) is 0 Å². The summed E-state index contributed by atoms with van der Waals surface area (Å²) < 4.78 is 82.2. The summed E-state index contributed by atoms with van der Waals surface area (Å²) >= 11 is 0. The molecule has 2 aromatic carbocycles. The zero-order valence-electron chi connectivity index (χ0n) is 20.0. The second kappa shape index (κ2) is 11.7. The molecule has 0 atom stereocenters. The molecule has 2 aliphatic carbocycles. The van der Waals surface area contributed by atoms with Crippen LogP contribution in [-0.4, -0.2) is 18.2 Å². The Morgan fingerprint density at radius 1 is 0.806 bits per heavy atom. The maximum atomic E-state index is 13.0. The molecule has 2 aromatic rings. The van der Waals surface area contributed by atoms with E-state index in [-0.39, 0.29) is 29.6 Å². The van der Waals surface area contributed by atoms with E-state index in [2.05, 4.69) is 4.74 Å². The molecule has 0 heterocycles. The summed E-state index contributed by atoms with van der Waals surface area (Å²) in [5.74, 6) is -0.715. The fraction of sp³-hybridized carbons (Fsp3) is 0.519. The number of alkyl halides is 6. The molecule has 2 saturated carbocycles. The fourth-order valence-corrected chi connectivity index (χ4v) is 5.18. The summed E-state index contributed by atoms with van der Waals surface area (Å²) in [6.07, 6.45) is -1.71. The SMILES string of the molecule is COC(=O)c1ccc(C(F)(F)F)c(C2CCCC2)c1.OCc1ccc(C(F)(F)F)c(C2CCCC2)c1. The third-order valence-electron chi connectivity index (χ3n) is 6.97. The topological polar surface area (TPSA) is 46.5 Å². The number of aliphatic hydroxyl groups excluding tert-OH is 1. The lowest BCUT2D eigenvalue weighted by atomic mass is 9.91. The first kappa shape index (κ1) is 28.0. The van der Waals surface area contributed by atoms with Gasteiger partial charge in [0.05, 0.1) is 30.4 Å². The van der Waals surface area contributed by atoms with Gasteiger partial charge in [-0.05, 0) is 78.5 Å². The van der Waals surface area contributed by atoms with Gasteiger partial charge >= 0.3 is 18.3 Å². The number of methoxy groups -OCH3 is 1. The molecule has 2 fully saturated rings. The number of carbonyl (C=O) groups is 1. The van der Waals surface area contributed by atoms with Crippen LogP contribution in [0.4, 0.5) is 26.3 Å². The Hall–Kier alpha value is -2.55. The van der Waals surface area contributed by atoms with E-state index in [1.165, 1.54) is 31.4 Å². The number of hydrogen-bond acceptors (Lipinski definition) is 3. The molecule has 0 spiro atoms. The minimum atomic E-state index is -4.38. The highest BCUT2D eigenvalue weighted by molar-refractivity contribution is 5.89. The van der Waals surface area contributed by atoms with Crippen LogP contribution in [0.2, 0.25) is 0 Å². The number of esters is 1. The van der Waals surface area contributed by atoms with Gasteiger partial charge in [0.25, 0.3) is 0 Å². The van der Waals surface area contributed by atoms with Crippen LogP contribution in [0.15, 0.2) is 36.4 Å². The highest BCUT2D eigenvalue weighted by Crippen LogP contribution is 2.43. The predicted molar refractivity (Wildman–Crippen MR) is 123 cm³/mol. The van der Waals surface area contributed by atoms with Gasteiger partial charge in [-0.25, -0.2) is 4.79 Å². The Labute approximate surface area is 206 Å². The Kier molecular flexibility index (Phi) is 9.08. The molecule has 0 amide bonds. The molecule has 36 heavy (non-hydrogen) atoms. The highest BCUT2D eigenvalue weighted by Gasteiger charge is 2.37. The van der Waals surface area contributed by atoms with Crippen LogP contribution in [0, 0.1) is 0 Å². The van der Waals surface area contributed by atoms with E-state index in [1.807, 2.05) is 0 Å². The van der Waals surface area contributed by atoms with Crippen molar-refractivity contribution in [3.8, 4) is 0 Å². The lowest BCUT2D eigenvalue weighted by molar-refractivity contribution is -0.139. The second-order valence-electron chi connectivity index (χ2n) is 9.33. The third kappa shape index (κ3) is 6.81. The van der Waals surface area contributed by atoms with Crippen molar-refractivity contribution in [2.75, 3.05) is 7.11 Å². The van der Waals surface area contributed by atoms with Crippen molar-refractivity contribution >= 4 is 5.97 Å². The van der Waals surface area contributed by atoms with Gasteiger partial charge in [0.2, 0.25) is 0 Å². The predicted octanol–water partition coefficient (Wildman–Crippen LogP) is 8.00. The molecule has 0 aromatic heterocycles. The van der Waals surface area contributed by atoms with Crippen molar-refractivity contribution in [1.29, 1.82) is 0 Å². The van der Waals surface area contributed by atoms with Crippen molar-refractivity contribution in [2.45, 2.75) is 82.2 Å². The van der Waals surface area contributed by atoms with E-state index in [0.29, 0.717) is 11.1 Å². The van der Waals surface area contributed by atoms with Gasteiger partial charge in [0, 0.05) is 0 Å². The van der Waals surface area contributed by atoms with Crippen molar-refractivity contribution in [3.63, 3.8) is 0 Å². The average molecular weight is 517 g/mol. The first-order valence-corrected chi connectivity index (χ1v) is 12.1. The van der Waals surface area contributed by atoms with Crippen molar-refractivity contribution in [3.05, 3.63) is 69.8 Å². The van der Waals surface area contributed by atoms with E-state index >= 15 is 0 Å². The minimum Gasteiger partial charge on any atom is -0.465 e. The molecule has 9 heteroatoms. The number of ether oxygens (including phenoxy) is 1. The van der Waals surface area contributed by atoms with Crippen molar-refractivity contribution in [1.82, 2.24) is 0 Å². The van der Waals surface area contributed by atoms with Gasteiger partial charge in [-0.3, -0.25) is 0 Å². The van der Waals surface area contributed by atoms with Crippen LogP contribution in [0.3, 0.4) is 0 Å². The Bertz CT molecular complexity index is 1030. The van der Waals surface area contributed by atoms with Gasteiger partial charge in [-0.2, -0.15) is 26.3 Å². The Morgan fingerprint density at radius 3 is 1.67 bits per heavy atom. The van der Waals surface area contributed by atoms with Gasteiger partial charge in [0.15, 0.2) is 0 Å². The lowest BCUT2D eigenvalue weighted by Gasteiger charge is -2.18. The van der Waals surface area contributed by atoms with Crippen molar-refractivity contribution < 1.29 is 41.0 Å². The summed E-state index contributed by atoms with van der Waals surface area (Å²) in [6.45, 7) is -0.210. The number of halogens is 6. The average Bonchev–Trinajstić information content (AvgIpc) is 3.57. The van der Waals surface area contributed by atoms with E-state index in [1.54, 1.807) is 0 Å². The summed E-state index contributed by atoms with van der Waals surface area (Å²) in [4.78, 5) is 11.4. The molecule has 2 aliphatic rings. The van der Waals surface area contributed by atoms with Crippen LogP contribution < -0.4 is 0 Å². The summed E-state index contributed by atoms with van der Waals surface area (Å²) in [5, 5.41) is 9.02. The highest BCUT2D eigenvalue weighted by atomic mass is 19.4. The maximum absolute atomic E-state index is 13.0. The number of rotatable bonds is 4. The van der Waals surface area contributed by atoms with E-state index < -0.39 is 29.4 Å². The van der Waals surface area contributed by atoms with Crippen LogP contribution in [0.25, 0.3) is 0 Å². The largest absolute Gasteiger partial charge is 0.465 e. The Morgan fingerprint density at radius 2 is 1.25 bits per heavy atom. The van der Waals surface area contributed by atoms with Gasteiger partial charge in [-0.15, -0.1) is 0 Å². The molecule has 4 rings (SSSR count). The standard InChI is InChI=1S/C14H15F3O2.C13H15F3O/c1-19-13(18)10-6-7-12(14(15,16)17)11(8-10)9-4-2-3-5-9;14-13(15,16)12-6-5-9(8-17)7-11(12)10-3-1-2-4-10/h6-9H,2-5H2,1H3;5-7,10,17H,1-4,8H2. The number of benzene rings is 2. The van der Waals surface area contributed by atoms with Crippen LogP contribution >= 0.6 is 0 Å². The molecule has 3 nitrogen and oxygen atoms in total. The zero-order valence-corrected chi connectivity index (χ0v) is 20.0. The smallest absolute Gasteiger partial charge is 0.416 e. The lowest BCUT2D eigenvalue weighted by Crippen LogP contribution is -2.13. The van der Waals surface area contributed by atoms with E-state index in [0.717, 1.165) is 63.5 Å². The fourth-order valence-electron chi connectivity index (χ4n) is 5.18. The van der Waals surface area contributed by atoms with Gasteiger partial charge in [0.1, 0.15) is 0 Å². The molecular weight excluding hydrogens is 486 g/mol. The van der Waals surface area contributed by atoms with Crippen LogP contribution in [0.1, 0.15) is 101 Å². The molecule has 0 unspecified atom stereocenters. The summed E-state index contributed by atoms with van der Waals surface area (Å²) in [7, 11) is 1.22. The minimum absolute atomic E-state index is 0.00174. The monoisotopic (exact) mass is 516 g/mol. The normalized spacial score (nSPS) is 17.1. The number of hydrogen-bond donors (Lipinski definition) is 1. The van der Waals surface area contributed by atoms with Gasteiger partial charge < -0.3 is 9.84 Å². The van der Waals surface area contributed by atoms with Crippen LogP contribution in [-0.2, 0) is 23.7 Å². The first-order valence-electron chi connectivity index (χ1n) is 12.1. The molecule has 0 saturated heterocycles.